The van der Waals surface area contributed by atoms with Gasteiger partial charge in [0.2, 0.25) is 5.91 Å². The Balaban J connectivity index is 1.74. The zero-order valence-electron chi connectivity index (χ0n) is 12.4. The number of rotatable bonds is 6. The van der Waals surface area contributed by atoms with E-state index in [1.54, 1.807) is 23.1 Å². The number of aliphatic hydroxyl groups excluding tert-OH is 1. The van der Waals surface area contributed by atoms with E-state index in [0.29, 0.717) is 35.2 Å². The van der Waals surface area contributed by atoms with E-state index in [9.17, 15) is 9.90 Å². The van der Waals surface area contributed by atoms with E-state index in [2.05, 4.69) is 0 Å². The molecule has 0 unspecified atom stereocenters. The highest BCUT2D eigenvalue weighted by atomic mass is 35.5. The normalized spacial score (nSPS) is 18.3. The van der Waals surface area contributed by atoms with Crippen molar-refractivity contribution in [3.05, 3.63) is 28.2 Å². The fraction of sp³-hybridized carbons (Fsp3) is 0.562. The van der Waals surface area contributed by atoms with Gasteiger partial charge in [0.05, 0.1) is 24.3 Å². The second kappa shape index (κ2) is 8.61. The standard InChI is InChI=1S/C16H21Cl2NO3/c17-12-6-7-15(14(18)10-12)22-9-3-5-16(21)19-8-2-1-4-13(19)11-20/h6-7,10,13,20H,1-5,8-9,11H2/t13-/m0/s1. The van der Waals surface area contributed by atoms with Crippen LogP contribution in [0.5, 0.6) is 5.75 Å². The van der Waals surface area contributed by atoms with Crippen LogP contribution in [0.1, 0.15) is 32.1 Å². The van der Waals surface area contributed by atoms with Gasteiger partial charge in [0.1, 0.15) is 5.75 Å². The second-order valence-corrected chi connectivity index (χ2v) is 6.29. The number of amides is 1. The lowest BCUT2D eigenvalue weighted by Crippen LogP contribution is -2.45. The van der Waals surface area contributed by atoms with Gasteiger partial charge < -0.3 is 14.7 Å². The highest BCUT2D eigenvalue weighted by Gasteiger charge is 2.25. The predicted octanol–water partition coefficient (Wildman–Crippen LogP) is 3.53. The van der Waals surface area contributed by atoms with Crippen molar-refractivity contribution in [2.45, 2.75) is 38.1 Å². The molecule has 0 spiro atoms. The number of aliphatic hydroxyl groups is 1. The second-order valence-electron chi connectivity index (χ2n) is 5.45. The summed E-state index contributed by atoms with van der Waals surface area (Å²) in [6, 6.07) is 5.04. The largest absolute Gasteiger partial charge is 0.492 e. The minimum absolute atomic E-state index is 0.0205. The number of nitrogens with zero attached hydrogens (tertiary/aromatic N) is 1. The Morgan fingerprint density at radius 1 is 1.36 bits per heavy atom. The number of piperidine rings is 1. The van der Waals surface area contributed by atoms with Crippen LogP contribution in [0.15, 0.2) is 18.2 Å². The molecule has 1 N–H and O–H groups in total. The molecular weight excluding hydrogens is 325 g/mol. The van der Waals surface area contributed by atoms with Crippen LogP contribution in [-0.4, -0.2) is 41.7 Å². The molecular formula is C16H21Cl2NO3. The summed E-state index contributed by atoms with van der Waals surface area (Å²) in [5.74, 6) is 0.661. The molecule has 4 nitrogen and oxygen atoms in total. The maximum absolute atomic E-state index is 12.2. The highest BCUT2D eigenvalue weighted by Crippen LogP contribution is 2.27. The van der Waals surface area contributed by atoms with E-state index in [0.717, 1.165) is 25.8 Å². The highest BCUT2D eigenvalue weighted by molar-refractivity contribution is 6.35. The smallest absolute Gasteiger partial charge is 0.223 e. The number of hydrogen-bond acceptors (Lipinski definition) is 3. The zero-order chi connectivity index (χ0) is 15.9. The van der Waals surface area contributed by atoms with Gasteiger partial charge in [-0.2, -0.15) is 0 Å². The van der Waals surface area contributed by atoms with E-state index in [4.69, 9.17) is 27.9 Å². The molecule has 1 atom stereocenters. The van der Waals surface area contributed by atoms with Crippen LogP contribution in [-0.2, 0) is 4.79 Å². The summed E-state index contributed by atoms with van der Waals surface area (Å²) in [6.45, 7) is 1.21. The van der Waals surface area contributed by atoms with Crippen molar-refractivity contribution in [2.75, 3.05) is 19.8 Å². The lowest BCUT2D eigenvalue weighted by Gasteiger charge is -2.34. The zero-order valence-corrected chi connectivity index (χ0v) is 13.9. The van der Waals surface area contributed by atoms with Crippen LogP contribution in [0.4, 0.5) is 0 Å². The van der Waals surface area contributed by atoms with Crippen LogP contribution in [0.3, 0.4) is 0 Å². The Labute approximate surface area is 141 Å². The molecule has 1 aliphatic heterocycles. The van der Waals surface area contributed by atoms with Crippen molar-refractivity contribution in [1.82, 2.24) is 4.90 Å². The first-order valence-corrected chi connectivity index (χ1v) is 8.35. The minimum atomic E-state index is -0.0205. The minimum Gasteiger partial charge on any atom is -0.492 e. The number of carbonyl (C=O) groups is 1. The van der Waals surface area contributed by atoms with Gasteiger partial charge in [0.15, 0.2) is 0 Å². The molecule has 1 heterocycles. The molecule has 0 aromatic heterocycles. The summed E-state index contributed by atoms with van der Waals surface area (Å²) in [5, 5.41) is 10.4. The van der Waals surface area contributed by atoms with Crippen molar-refractivity contribution >= 4 is 29.1 Å². The molecule has 0 saturated carbocycles. The van der Waals surface area contributed by atoms with Gasteiger partial charge in [-0.1, -0.05) is 23.2 Å². The SMILES string of the molecule is O=C(CCCOc1ccc(Cl)cc1Cl)N1CCCC[C@H]1CO. The summed E-state index contributed by atoms with van der Waals surface area (Å²) in [5.41, 5.74) is 0. The fourth-order valence-corrected chi connectivity index (χ4v) is 3.12. The van der Waals surface area contributed by atoms with E-state index in [-0.39, 0.29) is 18.6 Å². The van der Waals surface area contributed by atoms with Gasteiger partial charge in [-0.15, -0.1) is 0 Å². The van der Waals surface area contributed by atoms with Crippen LogP contribution < -0.4 is 4.74 Å². The molecule has 6 heteroatoms. The molecule has 2 rings (SSSR count). The van der Waals surface area contributed by atoms with Gasteiger partial charge in [0, 0.05) is 18.0 Å². The lowest BCUT2D eigenvalue weighted by molar-refractivity contribution is -0.136. The van der Waals surface area contributed by atoms with Crippen LogP contribution in [0.25, 0.3) is 0 Å². The van der Waals surface area contributed by atoms with Gasteiger partial charge in [-0.05, 0) is 43.9 Å². The third kappa shape index (κ3) is 4.77. The first-order valence-electron chi connectivity index (χ1n) is 7.60. The van der Waals surface area contributed by atoms with Crippen molar-refractivity contribution in [2.24, 2.45) is 0 Å². The average molecular weight is 346 g/mol. The Bertz CT molecular complexity index is 510. The predicted molar refractivity (Wildman–Crippen MR) is 87.6 cm³/mol. The molecule has 0 aliphatic carbocycles. The summed E-state index contributed by atoms with van der Waals surface area (Å²) >= 11 is 11.8. The molecule has 22 heavy (non-hydrogen) atoms. The third-order valence-electron chi connectivity index (χ3n) is 3.84. The molecule has 1 aromatic carbocycles. The van der Waals surface area contributed by atoms with E-state index >= 15 is 0 Å². The Morgan fingerprint density at radius 2 is 2.18 bits per heavy atom. The first-order chi connectivity index (χ1) is 10.6. The lowest BCUT2D eigenvalue weighted by atomic mass is 10.0. The maximum Gasteiger partial charge on any atom is 0.223 e. The van der Waals surface area contributed by atoms with Crippen LogP contribution in [0, 0.1) is 0 Å². The van der Waals surface area contributed by atoms with Gasteiger partial charge in [-0.3, -0.25) is 4.79 Å². The van der Waals surface area contributed by atoms with Crippen molar-refractivity contribution in [3.63, 3.8) is 0 Å². The summed E-state index contributed by atoms with van der Waals surface area (Å²) < 4.78 is 5.57. The summed E-state index contributed by atoms with van der Waals surface area (Å²) in [7, 11) is 0. The van der Waals surface area contributed by atoms with Crippen LogP contribution in [0.2, 0.25) is 10.0 Å². The number of likely N-dealkylation sites (tertiary alicyclic amines) is 1. The summed E-state index contributed by atoms with van der Waals surface area (Å²) in [6.07, 6.45) is 4.01. The molecule has 1 aliphatic rings. The van der Waals surface area contributed by atoms with Crippen molar-refractivity contribution < 1.29 is 14.6 Å². The molecule has 1 fully saturated rings. The van der Waals surface area contributed by atoms with E-state index in [1.165, 1.54) is 0 Å². The number of halogens is 2. The Kier molecular flexibility index (Phi) is 6.80. The Hall–Kier alpha value is -0.970. The van der Waals surface area contributed by atoms with Gasteiger partial charge in [0.25, 0.3) is 0 Å². The maximum atomic E-state index is 12.2. The fourth-order valence-electron chi connectivity index (χ4n) is 2.66. The molecule has 1 amide bonds. The molecule has 1 saturated heterocycles. The van der Waals surface area contributed by atoms with Gasteiger partial charge >= 0.3 is 0 Å². The Morgan fingerprint density at radius 3 is 2.91 bits per heavy atom. The van der Waals surface area contributed by atoms with E-state index < -0.39 is 0 Å². The first kappa shape index (κ1) is 17.4. The number of carbonyl (C=O) groups excluding carboxylic acids is 1. The number of hydrogen-bond donors (Lipinski definition) is 1. The molecule has 122 valence electrons. The molecule has 0 radical (unpaired) electrons. The monoisotopic (exact) mass is 345 g/mol. The molecule has 0 bridgehead atoms. The quantitative estimate of drug-likeness (QED) is 0.802. The number of ether oxygens (including phenoxy) is 1. The van der Waals surface area contributed by atoms with E-state index in [1.807, 2.05) is 0 Å². The number of benzene rings is 1. The van der Waals surface area contributed by atoms with Gasteiger partial charge in [-0.25, -0.2) is 0 Å². The third-order valence-corrected chi connectivity index (χ3v) is 4.38. The van der Waals surface area contributed by atoms with Crippen LogP contribution >= 0.6 is 23.2 Å². The topological polar surface area (TPSA) is 49.8 Å². The van der Waals surface area contributed by atoms with Crippen molar-refractivity contribution in [1.29, 1.82) is 0 Å². The average Bonchev–Trinajstić information content (AvgIpc) is 2.53. The van der Waals surface area contributed by atoms with Crippen molar-refractivity contribution in [3.8, 4) is 5.75 Å². The summed E-state index contributed by atoms with van der Waals surface area (Å²) in [4.78, 5) is 14.0. The molecule has 1 aromatic rings.